The molecule has 4 aromatic carbocycles. The Balaban J connectivity index is 1.52. The standard InChI is InChI=1S/C27H22N4O2/c1-33-27(32)26(20-12-16-24(17-13-20)30-28-22-8-4-2-5-9-22)21-14-18-25(19-15-21)31-29-23-10-6-3-7-11-23/h2-19,26H,1H3/b30-28+,31-29+. The third kappa shape index (κ3) is 5.83. The third-order valence-corrected chi connectivity index (χ3v) is 4.96. The summed E-state index contributed by atoms with van der Waals surface area (Å²) in [5.41, 5.74) is 4.56. The van der Waals surface area contributed by atoms with Crippen molar-refractivity contribution in [3.63, 3.8) is 0 Å². The molecule has 4 rings (SSSR count). The summed E-state index contributed by atoms with van der Waals surface area (Å²) in [5.74, 6) is -0.900. The van der Waals surface area contributed by atoms with Gasteiger partial charge in [-0.05, 0) is 59.7 Å². The van der Waals surface area contributed by atoms with Gasteiger partial charge in [-0.3, -0.25) is 4.79 Å². The van der Waals surface area contributed by atoms with Crippen molar-refractivity contribution in [2.45, 2.75) is 5.92 Å². The molecule has 0 aliphatic heterocycles. The predicted molar refractivity (Wildman–Crippen MR) is 128 cm³/mol. The van der Waals surface area contributed by atoms with Gasteiger partial charge in [0.05, 0.1) is 29.9 Å². The zero-order chi connectivity index (χ0) is 22.9. The lowest BCUT2D eigenvalue weighted by Gasteiger charge is -2.16. The second kappa shape index (κ2) is 10.7. The maximum atomic E-state index is 12.6. The van der Waals surface area contributed by atoms with Crippen LogP contribution < -0.4 is 0 Å². The fourth-order valence-electron chi connectivity index (χ4n) is 3.27. The molecular weight excluding hydrogens is 412 g/mol. The number of methoxy groups -OCH3 is 1. The Hall–Kier alpha value is -4.45. The summed E-state index contributed by atoms with van der Waals surface area (Å²) in [6.45, 7) is 0. The van der Waals surface area contributed by atoms with Gasteiger partial charge >= 0.3 is 5.97 Å². The average Bonchev–Trinajstić information content (AvgIpc) is 2.89. The quantitative estimate of drug-likeness (QED) is 0.220. The Labute approximate surface area is 192 Å². The van der Waals surface area contributed by atoms with E-state index in [-0.39, 0.29) is 5.97 Å². The van der Waals surface area contributed by atoms with Gasteiger partial charge in [-0.15, -0.1) is 0 Å². The molecule has 0 aliphatic carbocycles. The van der Waals surface area contributed by atoms with E-state index in [0.29, 0.717) is 11.4 Å². The summed E-state index contributed by atoms with van der Waals surface area (Å²) in [6.07, 6.45) is 0. The predicted octanol–water partition coefficient (Wildman–Crippen LogP) is 7.82. The van der Waals surface area contributed by atoms with E-state index in [1.165, 1.54) is 7.11 Å². The monoisotopic (exact) mass is 434 g/mol. The SMILES string of the molecule is COC(=O)C(c1ccc(/N=N/c2ccccc2)cc1)c1ccc(/N=N/c2ccccc2)cc1. The zero-order valence-corrected chi connectivity index (χ0v) is 18.1. The van der Waals surface area contributed by atoms with Gasteiger partial charge in [-0.25, -0.2) is 0 Å². The minimum Gasteiger partial charge on any atom is -0.468 e. The van der Waals surface area contributed by atoms with Crippen LogP contribution in [0.25, 0.3) is 0 Å². The maximum Gasteiger partial charge on any atom is 0.317 e. The fourth-order valence-corrected chi connectivity index (χ4v) is 3.27. The Bertz CT molecular complexity index is 1140. The zero-order valence-electron chi connectivity index (χ0n) is 18.1. The van der Waals surface area contributed by atoms with Gasteiger partial charge in [0.15, 0.2) is 0 Å². The van der Waals surface area contributed by atoms with E-state index in [1.54, 1.807) is 0 Å². The molecule has 4 aromatic rings. The minimum atomic E-state index is -0.560. The lowest BCUT2D eigenvalue weighted by molar-refractivity contribution is -0.141. The molecule has 0 amide bonds. The van der Waals surface area contributed by atoms with Crippen LogP contribution in [0.4, 0.5) is 22.7 Å². The van der Waals surface area contributed by atoms with Crippen LogP contribution in [0.5, 0.6) is 0 Å². The highest BCUT2D eigenvalue weighted by molar-refractivity contribution is 5.82. The number of carbonyl (C=O) groups is 1. The highest BCUT2D eigenvalue weighted by Crippen LogP contribution is 2.30. The van der Waals surface area contributed by atoms with Gasteiger partial charge in [0.25, 0.3) is 0 Å². The van der Waals surface area contributed by atoms with Crippen molar-refractivity contribution >= 4 is 28.7 Å². The van der Waals surface area contributed by atoms with Crippen molar-refractivity contribution in [1.29, 1.82) is 0 Å². The molecule has 6 heteroatoms. The second-order valence-corrected chi connectivity index (χ2v) is 7.21. The van der Waals surface area contributed by atoms with Gasteiger partial charge in [0.1, 0.15) is 5.92 Å². The molecule has 162 valence electrons. The fraction of sp³-hybridized carbons (Fsp3) is 0.0741. The topological polar surface area (TPSA) is 75.7 Å². The van der Waals surface area contributed by atoms with E-state index in [2.05, 4.69) is 20.5 Å². The first-order valence-electron chi connectivity index (χ1n) is 10.4. The minimum absolute atomic E-state index is 0.340. The van der Waals surface area contributed by atoms with E-state index >= 15 is 0 Å². The summed E-state index contributed by atoms with van der Waals surface area (Å²) in [5, 5.41) is 17.0. The van der Waals surface area contributed by atoms with Crippen LogP contribution in [0.15, 0.2) is 130 Å². The number of hydrogen-bond acceptors (Lipinski definition) is 6. The number of benzene rings is 4. The van der Waals surface area contributed by atoms with Crippen LogP contribution in [-0.4, -0.2) is 13.1 Å². The van der Waals surface area contributed by atoms with Crippen LogP contribution >= 0.6 is 0 Å². The number of carbonyl (C=O) groups excluding carboxylic acids is 1. The van der Waals surface area contributed by atoms with Crippen molar-refractivity contribution in [2.75, 3.05) is 7.11 Å². The van der Waals surface area contributed by atoms with Crippen LogP contribution in [0, 0.1) is 0 Å². The van der Waals surface area contributed by atoms with Crippen molar-refractivity contribution in [1.82, 2.24) is 0 Å². The summed E-state index contributed by atoms with van der Waals surface area (Å²) in [4.78, 5) is 12.6. The lowest BCUT2D eigenvalue weighted by Crippen LogP contribution is -2.15. The first-order chi connectivity index (χ1) is 16.2. The first kappa shape index (κ1) is 21.8. The van der Waals surface area contributed by atoms with E-state index in [1.807, 2.05) is 109 Å². The molecule has 0 aliphatic rings. The molecule has 0 saturated heterocycles. The second-order valence-electron chi connectivity index (χ2n) is 7.21. The molecule has 0 aromatic heterocycles. The van der Waals surface area contributed by atoms with Crippen molar-refractivity contribution in [3.05, 3.63) is 120 Å². The van der Waals surface area contributed by atoms with Gasteiger partial charge in [0.2, 0.25) is 0 Å². The van der Waals surface area contributed by atoms with Crippen LogP contribution in [0.2, 0.25) is 0 Å². The van der Waals surface area contributed by atoms with E-state index in [9.17, 15) is 4.79 Å². The molecule has 0 heterocycles. The smallest absolute Gasteiger partial charge is 0.317 e. The molecule has 0 spiro atoms. The Morgan fingerprint density at radius 1 is 0.545 bits per heavy atom. The number of azo groups is 2. The maximum absolute atomic E-state index is 12.6. The Morgan fingerprint density at radius 2 is 0.879 bits per heavy atom. The molecule has 0 unspecified atom stereocenters. The number of ether oxygens (including phenoxy) is 1. The molecule has 0 bridgehead atoms. The molecule has 0 N–H and O–H groups in total. The molecular formula is C27H22N4O2. The number of rotatable bonds is 7. The number of esters is 1. The van der Waals surface area contributed by atoms with Gasteiger partial charge in [-0.2, -0.15) is 20.5 Å². The molecule has 6 nitrogen and oxygen atoms in total. The van der Waals surface area contributed by atoms with Crippen molar-refractivity contribution in [3.8, 4) is 0 Å². The first-order valence-corrected chi connectivity index (χ1v) is 10.4. The Morgan fingerprint density at radius 3 is 1.21 bits per heavy atom. The number of nitrogens with zero attached hydrogens (tertiary/aromatic N) is 4. The molecule has 0 fully saturated rings. The molecule has 33 heavy (non-hydrogen) atoms. The van der Waals surface area contributed by atoms with Gasteiger partial charge in [0, 0.05) is 0 Å². The normalized spacial score (nSPS) is 11.3. The van der Waals surface area contributed by atoms with Crippen molar-refractivity contribution in [2.24, 2.45) is 20.5 Å². The van der Waals surface area contributed by atoms with Crippen LogP contribution in [0.1, 0.15) is 17.0 Å². The lowest BCUT2D eigenvalue weighted by atomic mass is 9.91. The third-order valence-electron chi connectivity index (χ3n) is 4.96. The highest BCUT2D eigenvalue weighted by atomic mass is 16.5. The summed E-state index contributed by atoms with van der Waals surface area (Å²) >= 11 is 0. The van der Waals surface area contributed by atoms with E-state index < -0.39 is 5.92 Å². The average molecular weight is 434 g/mol. The van der Waals surface area contributed by atoms with Gasteiger partial charge in [-0.1, -0.05) is 60.7 Å². The number of hydrogen-bond donors (Lipinski definition) is 0. The van der Waals surface area contributed by atoms with Crippen molar-refractivity contribution < 1.29 is 9.53 Å². The molecule has 0 atom stereocenters. The van der Waals surface area contributed by atoms with E-state index in [0.717, 1.165) is 22.5 Å². The summed E-state index contributed by atoms with van der Waals surface area (Å²) in [6, 6.07) is 33.8. The van der Waals surface area contributed by atoms with Crippen LogP contribution in [0.3, 0.4) is 0 Å². The summed E-state index contributed by atoms with van der Waals surface area (Å²) in [7, 11) is 1.39. The molecule has 0 saturated carbocycles. The van der Waals surface area contributed by atoms with E-state index in [4.69, 9.17) is 4.74 Å². The summed E-state index contributed by atoms with van der Waals surface area (Å²) < 4.78 is 5.07. The largest absolute Gasteiger partial charge is 0.468 e. The van der Waals surface area contributed by atoms with Crippen LogP contribution in [-0.2, 0) is 9.53 Å². The highest BCUT2D eigenvalue weighted by Gasteiger charge is 2.23. The Kier molecular flexibility index (Phi) is 7.08. The van der Waals surface area contributed by atoms with Gasteiger partial charge < -0.3 is 4.74 Å². The molecule has 0 radical (unpaired) electrons.